The Balaban J connectivity index is 1.84. The van der Waals surface area contributed by atoms with Crippen LogP contribution in [0.2, 0.25) is 10.0 Å². The Bertz CT molecular complexity index is 562. The van der Waals surface area contributed by atoms with Crippen LogP contribution >= 0.6 is 23.2 Å². The third kappa shape index (κ3) is 4.62. The smallest absolute Gasteiger partial charge is 0.340 e. The Labute approximate surface area is 140 Å². The number of benzene rings is 1. The van der Waals surface area contributed by atoms with Crippen LogP contribution in [0.25, 0.3) is 0 Å². The highest BCUT2D eigenvalue weighted by Crippen LogP contribution is 2.24. The number of amides is 1. The second kappa shape index (κ2) is 7.84. The quantitative estimate of drug-likeness (QED) is 0.845. The molecule has 120 valence electrons. The fourth-order valence-electron chi connectivity index (χ4n) is 2.64. The van der Waals surface area contributed by atoms with E-state index in [2.05, 4.69) is 12.2 Å². The third-order valence-corrected chi connectivity index (χ3v) is 4.49. The lowest BCUT2D eigenvalue weighted by Gasteiger charge is -2.29. The number of nitrogens with one attached hydrogen (secondary N) is 1. The van der Waals surface area contributed by atoms with E-state index in [4.69, 9.17) is 27.9 Å². The molecule has 1 aromatic rings. The van der Waals surface area contributed by atoms with Gasteiger partial charge in [-0.1, -0.05) is 43.0 Å². The summed E-state index contributed by atoms with van der Waals surface area (Å²) in [6.07, 6.45) is 4.42. The minimum absolute atomic E-state index is 0.166. The van der Waals surface area contributed by atoms with Crippen LogP contribution in [0.4, 0.5) is 0 Å². The van der Waals surface area contributed by atoms with Gasteiger partial charge in [-0.15, -0.1) is 0 Å². The number of halogens is 2. The van der Waals surface area contributed by atoms with Crippen LogP contribution < -0.4 is 5.32 Å². The first kappa shape index (κ1) is 17.1. The standard InChI is InChI=1S/C16H19Cl2NO3/c1-10-4-2-3-5-14(10)19-15(20)9-22-16(21)12-7-6-11(17)8-13(12)18/h6-8,10,14H,2-5,9H2,1H3,(H,19,20)/t10-,14-/m0/s1. The molecule has 0 aromatic heterocycles. The van der Waals surface area contributed by atoms with Gasteiger partial charge in [0.25, 0.3) is 5.91 Å². The van der Waals surface area contributed by atoms with E-state index < -0.39 is 5.97 Å². The van der Waals surface area contributed by atoms with Crippen molar-refractivity contribution in [1.82, 2.24) is 5.32 Å². The van der Waals surface area contributed by atoms with Gasteiger partial charge in [0.05, 0.1) is 10.6 Å². The van der Waals surface area contributed by atoms with E-state index in [0.717, 1.165) is 19.3 Å². The summed E-state index contributed by atoms with van der Waals surface area (Å²) in [5, 5.41) is 3.57. The van der Waals surface area contributed by atoms with Crippen LogP contribution in [0.5, 0.6) is 0 Å². The molecule has 1 amide bonds. The van der Waals surface area contributed by atoms with Crippen molar-refractivity contribution in [3.05, 3.63) is 33.8 Å². The number of carbonyl (C=O) groups is 2. The molecule has 0 heterocycles. The number of carbonyl (C=O) groups excluding carboxylic acids is 2. The highest BCUT2D eigenvalue weighted by atomic mass is 35.5. The second-order valence-corrected chi connectivity index (χ2v) is 6.48. The topological polar surface area (TPSA) is 55.4 Å². The minimum atomic E-state index is -0.631. The maximum absolute atomic E-state index is 11.9. The Morgan fingerprint density at radius 2 is 2.00 bits per heavy atom. The molecule has 0 unspecified atom stereocenters. The van der Waals surface area contributed by atoms with Crippen LogP contribution in [0.15, 0.2) is 18.2 Å². The van der Waals surface area contributed by atoms with Crippen LogP contribution in [0.3, 0.4) is 0 Å². The number of hydrogen-bond acceptors (Lipinski definition) is 3. The zero-order valence-electron chi connectivity index (χ0n) is 12.4. The summed E-state index contributed by atoms with van der Waals surface area (Å²) < 4.78 is 5.01. The lowest BCUT2D eigenvalue weighted by Crippen LogP contribution is -2.42. The molecule has 1 N–H and O–H groups in total. The molecule has 6 heteroatoms. The molecule has 22 heavy (non-hydrogen) atoms. The summed E-state index contributed by atoms with van der Waals surface area (Å²) in [6.45, 7) is 1.82. The third-order valence-electron chi connectivity index (χ3n) is 3.94. The van der Waals surface area contributed by atoms with Gasteiger partial charge in [-0.2, -0.15) is 0 Å². The van der Waals surface area contributed by atoms with Gasteiger partial charge in [0, 0.05) is 11.1 Å². The second-order valence-electron chi connectivity index (χ2n) is 5.64. The van der Waals surface area contributed by atoms with Gasteiger partial charge in [-0.05, 0) is 37.0 Å². The van der Waals surface area contributed by atoms with E-state index >= 15 is 0 Å². The molecule has 2 atom stereocenters. The average molecular weight is 344 g/mol. The Morgan fingerprint density at radius 1 is 1.27 bits per heavy atom. The summed E-state index contributed by atoms with van der Waals surface area (Å²) in [4.78, 5) is 23.8. The Morgan fingerprint density at radius 3 is 2.68 bits per heavy atom. The number of hydrogen-bond donors (Lipinski definition) is 1. The van der Waals surface area contributed by atoms with Crippen molar-refractivity contribution in [2.75, 3.05) is 6.61 Å². The first-order chi connectivity index (χ1) is 10.5. The van der Waals surface area contributed by atoms with Crippen molar-refractivity contribution >= 4 is 35.1 Å². The van der Waals surface area contributed by atoms with Gasteiger partial charge < -0.3 is 10.1 Å². The van der Waals surface area contributed by atoms with Crippen molar-refractivity contribution in [3.63, 3.8) is 0 Å². The fourth-order valence-corrected chi connectivity index (χ4v) is 3.13. The average Bonchev–Trinajstić information content (AvgIpc) is 2.47. The Hall–Kier alpha value is -1.26. The zero-order chi connectivity index (χ0) is 16.1. The van der Waals surface area contributed by atoms with Crippen molar-refractivity contribution in [1.29, 1.82) is 0 Å². The van der Waals surface area contributed by atoms with Gasteiger partial charge in [-0.3, -0.25) is 4.79 Å². The summed E-state index contributed by atoms with van der Waals surface area (Å²) in [5.41, 5.74) is 0.199. The molecule has 1 fully saturated rings. The van der Waals surface area contributed by atoms with Crippen molar-refractivity contribution in [2.24, 2.45) is 5.92 Å². The van der Waals surface area contributed by atoms with Crippen LogP contribution in [0.1, 0.15) is 43.0 Å². The minimum Gasteiger partial charge on any atom is -0.452 e. The Kier molecular flexibility index (Phi) is 6.09. The van der Waals surface area contributed by atoms with Crippen LogP contribution in [0, 0.1) is 5.92 Å². The van der Waals surface area contributed by atoms with Crippen molar-refractivity contribution < 1.29 is 14.3 Å². The van der Waals surface area contributed by atoms with Gasteiger partial charge >= 0.3 is 5.97 Å². The first-order valence-corrected chi connectivity index (χ1v) is 8.14. The molecule has 1 aromatic carbocycles. The predicted octanol–water partition coefficient (Wildman–Crippen LogP) is 3.85. The van der Waals surface area contributed by atoms with E-state index in [1.807, 2.05) is 0 Å². The molecule has 1 saturated carbocycles. The van der Waals surface area contributed by atoms with Crippen LogP contribution in [-0.2, 0) is 9.53 Å². The highest BCUT2D eigenvalue weighted by molar-refractivity contribution is 6.36. The number of ether oxygens (including phenoxy) is 1. The number of esters is 1. The van der Waals surface area contributed by atoms with E-state index in [9.17, 15) is 9.59 Å². The van der Waals surface area contributed by atoms with Gasteiger partial charge in [-0.25, -0.2) is 4.79 Å². The van der Waals surface area contributed by atoms with Gasteiger partial charge in [0.2, 0.25) is 0 Å². The zero-order valence-corrected chi connectivity index (χ0v) is 13.9. The molecule has 0 bridgehead atoms. The molecule has 2 rings (SSSR count). The van der Waals surface area contributed by atoms with Crippen LogP contribution in [-0.4, -0.2) is 24.5 Å². The molecule has 0 spiro atoms. The predicted molar refractivity (Wildman–Crippen MR) is 86.3 cm³/mol. The molecular weight excluding hydrogens is 325 g/mol. The van der Waals surface area contributed by atoms with Crippen molar-refractivity contribution in [3.8, 4) is 0 Å². The van der Waals surface area contributed by atoms with E-state index in [1.165, 1.54) is 18.6 Å². The molecule has 0 radical (unpaired) electrons. The molecule has 4 nitrogen and oxygen atoms in total. The SMILES string of the molecule is C[C@H]1CCCC[C@@H]1NC(=O)COC(=O)c1ccc(Cl)cc1Cl. The summed E-state index contributed by atoms with van der Waals surface area (Å²) in [5.74, 6) is -0.454. The van der Waals surface area contributed by atoms with Gasteiger partial charge in [0.15, 0.2) is 6.61 Å². The largest absolute Gasteiger partial charge is 0.452 e. The molecular formula is C16H19Cl2NO3. The first-order valence-electron chi connectivity index (χ1n) is 7.39. The van der Waals surface area contributed by atoms with E-state index in [1.54, 1.807) is 6.07 Å². The van der Waals surface area contributed by atoms with E-state index in [-0.39, 0.29) is 29.1 Å². The summed E-state index contributed by atoms with van der Waals surface area (Å²) in [6, 6.07) is 4.66. The van der Waals surface area contributed by atoms with Crippen molar-refractivity contribution in [2.45, 2.75) is 38.6 Å². The number of rotatable bonds is 4. The molecule has 0 saturated heterocycles. The summed E-state index contributed by atoms with van der Waals surface area (Å²) >= 11 is 11.7. The van der Waals surface area contributed by atoms with E-state index in [0.29, 0.717) is 10.9 Å². The maximum atomic E-state index is 11.9. The monoisotopic (exact) mass is 343 g/mol. The molecule has 0 aliphatic heterocycles. The molecule has 1 aliphatic carbocycles. The lowest BCUT2D eigenvalue weighted by atomic mass is 9.86. The fraction of sp³-hybridized carbons (Fsp3) is 0.500. The summed E-state index contributed by atoms with van der Waals surface area (Å²) in [7, 11) is 0. The maximum Gasteiger partial charge on any atom is 0.340 e. The molecule has 1 aliphatic rings. The van der Waals surface area contributed by atoms with Gasteiger partial charge in [0.1, 0.15) is 0 Å². The highest BCUT2D eigenvalue weighted by Gasteiger charge is 2.23. The lowest BCUT2D eigenvalue weighted by molar-refractivity contribution is -0.125. The normalized spacial score (nSPS) is 21.2.